The fourth-order valence-corrected chi connectivity index (χ4v) is 2.94. The zero-order valence-corrected chi connectivity index (χ0v) is 15.2. The van der Waals surface area contributed by atoms with Gasteiger partial charge in [0, 0.05) is 17.1 Å². The van der Waals surface area contributed by atoms with Crippen LogP contribution in [0.1, 0.15) is 16.7 Å². The molecule has 0 saturated heterocycles. The van der Waals surface area contributed by atoms with E-state index in [9.17, 15) is 4.39 Å². The predicted octanol–water partition coefficient (Wildman–Crippen LogP) is 5.39. The molecule has 0 aliphatic heterocycles. The maximum Gasteiger partial charge on any atom is 0.126 e. The van der Waals surface area contributed by atoms with Gasteiger partial charge in [0.15, 0.2) is 0 Å². The van der Waals surface area contributed by atoms with Crippen LogP contribution in [-0.2, 0) is 19.6 Å². The standard InChI is InChI=1S/C22H21ClFNO/c23-20-9-5-6-17(14-20)16-26-22-11-4-2-8-19(22)15-25-13-12-18-7-1-3-10-21(18)24/h1-11,14,25H,12-13,15-16H2. The highest BCUT2D eigenvalue weighted by Gasteiger charge is 2.05. The fraction of sp³-hybridized carbons (Fsp3) is 0.182. The van der Waals surface area contributed by atoms with E-state index in [-0.39, 0.29) is 5.82 Å². The van der Waals surface area contributed by atoms with Crippen molar-refractivity contribution in [3.05, 3.63) is 100 Å². The van der Waals surface area contributed by atoms with Crippen LogP contribution in [0.5, 0.6) is 5.75 Å². The second-order valence-electron chi connectivity index (χ2n) is 6.04. The van der Waals surface area contributed by atoms with Crippen LogP contribution in [0.3, 0.4) is 0 Å². The smallest absolute Gasteiger partial charge is 0.126 e. The number of rotatable bonds is 8. The molecule has 0 bridgehead atoms. The van der Waals surface area contributed by atoms with Crippen LogP contribution in [0.4, 0.5) is 4.39 Å². The SMILES string of the molecule is Fc1ccccc1CCNCc1ccccc1OCc1cccc(Cl)c1. The molecule has 0 spiro atoms. The molecule has 26 heavy (non-hydrogen) atoms. The number of hydrogen-bond acceptors (Lipinski definition) is 2. The Morgan fingerprint density at radius 2 is 1.65 bits per heavy atom. The topological polar surface area (TPSA) is 21.3 Å². The van der Waals surface area contributed by atoms with Crippen molar-refractivity contribution in [3.8, 4) is 5.75 Å². The molecule has 0 aromatic heterocycles. The van der Waals surface area contributed by atoms with E-state index in [0.29, 0.717) is 31.1 Å². The number of para-hydroxylation sites is 1. The second kappa shape index (κ2) is 9.37. The van der Waals surface area contributed by atoms with Crippen LogP contribution in [-0.4, -0.2) is 6.54 Å². The molecular weight excluding hydrogens is 349 g/mol. The number of ether oxygens (including phenoxy) is 1. The molecule has 3 rings (SSSR count). The van der Waals surface area contributed by atoms with Gasteiger partial charge in [0.25, 0.3) is 0 Å². The molecule has 0 atom stereocenters. The van der Waals surface area contributed by atoms with E-state index in [1.165, 1.54) is 6.07 Å². The summed E-state index contributed by atoms with van der Waals surface area (Å²) in [5, 5.41) is 4.06. The van der Waals surface area contributed by atoms with Crippen molar-refractivity contribution >= 4 is 11.6 Å². The molecule has 0 fully saturated rings. The van der Waals surface area contributed by atoms with Gasteiger partial charge in [0.1, 0.15) is 18.2 Å². The van der Waals surface area contributed by atoms with Gasteiger partial charge in [-0.2, -0.15) is 0 Å². The van der Waals surface area contributed by atoms with Crippen molar-refractivity contribution in [1.29, 1.82) is 0 Å². The molecule has 3 aromatic carbocycles. The van der Waals surface area contributed by atoms with Crippen LogP contribution >= 0.6 is 11.6 Å². The van der Waals surface area contributed by atoms with E-state index in [0.717, 1.165) is 22.4 Å². The Morgan fingerprint density at radius 3 is 2.46 bits per heavy atom. The fourth-order valence-electron chi connectivity index (χ4n) is 2.73. The molecule has 0 heterocycles. The largest absolute Gasteiger partial charge is 0.489 e. The minimum absolute atomic E-state index is 0.153. The van der Waals surface area contributed by atoms with Gasteiger partial charge >= 0.3 is 0 Å². The molecule has 3 aromatic rings. The Bertz CT molecular complexity index is 853. The lowest BCUT2D eigenvalue weighted by molar-refractivity contribution is 0.302. The van der Waals surface area contributed by atoms with Gasteiger partial charge in [0.2, 0.25) is 0 Å². The van der Waals surface area contributed by atoms with E-state index >= 15 is 0 Å². The van der Waals surface area contributed by atoms with E-state index in [4.69, 9.17) is 16.3 Å². The molecular formula is C22H21ClFNO. The summed E-state index contributed by atoms with van der Waals surface area (Å²) in [6.45, 7) is 1.83. The maximum atomic E-state index is 13.6. The lowest BCUT2D eigenvalue weighted by atomic mass is 10.1. The maximum absolute atomic E-state index is 13.6. The number of benzene rings is 3. The summed E-state index contributed by atoms with van der Waals surface area (Å²) in [6, 6.07) is 22.5. The van der Waals surface area contributed by atoms with Crippen LogP contribution in [0.2, 0.25) is 5.02 Å². The lowest BCUT2D eigenvalue weighted by Gasteiger charge is -2.12. The number of hydrogen-bond donors (Lipinski definition) is 1. The average molecular weight is 370 g/mol. The van der Waals surface area contributed by atoms with Gasteiger partial charge in [-0.05, 0) is 48.4 Å². The average Bonchev–Trinajstić information content (AvgIpc) is 2.66. The summed E-state index contributed by atoms with van der Waals surface area (Å²) in [5.74, 6) is 0.686. The summed E-state index contributed by atoms with van der Waals surface area (Å²) in [4.78, 5) is 0. The van der Waals surface area contributed by atoms with Crippen LogP contribution < -0.4 is 10.1 Å². The van der Waals surface area contributed by atoms with Gasteiger partial charge in [0.05, 0.1) is 0 Å². The summed E-state index contributed by atoms with van der Waals surface area (Å²) in [7, 11) is 0. The number of halogens is 2. The Hall–Kier alpha value is -2.36. The van der Waals surface area contributed by atoms with E-state index in [1.807, 2.05) is 60.7 Å². The first kappa shape index (κ1) is 18.4. The molecule has 0 saturated carbocycles. The minimum Gasteiger partial charge on any atom is -0.489 e. The Balaban J connectivity index is 1.53. The molecule has 134 valence electrons. The van der Waals surface area contributed by atoms with Gasteiger partial charge in [-0.15, -0.1) is 0 Å². The summed E-state index contributed by atoms with van der Waals surface area (Å²) in [6.07, 6.45) is 0.651. The van der Waals surface area contributed by atoms with Crippen molar-refractivity contribution in [2.75, 3.05) is 6.54 Å². The predicted molar refractivity (Wildman–Crippen MR) is 104 cm³/mol. The van der Waals surface area contributed by atoms with E-state index in [1.54, 1.807) is 6.07 Å². The third-order valence-electron chi connectivity index (χ3n) is 4.10. The quantitative estimate of drug-likeness (QED) is 0.537. The van der Waals surface area contributed by atoms with Gasteiger partial charge in [-0.25, -0.2) is 4.39 Å². The summed E-state index contributed by atoms with van der Waals surface area (Å²) < 4.78 is 19.6. The zero-order chi connectivity index (χ0) is 18.2. The van der Waals surface area contributed by atoms with Crippen molar-refractivity contribution in [1.82, 2.24) is 5.32 Å². The molecule has 4 heteroatoms. The highest BCUT2D eigenvalue weighted by Crippen LogP contribution is 2.20. The third-order valence-corrected chi connectivity index (χ3v) is 4.34. The van der Waals surface area contributed by atoms with E-state index in [2.05, 4.69) is 5.32 Å². The first-order valence-corrected chi connectivity index (χ1v) is 8.99. The first-order valence-electron chi connectivity index (χ1n) is 8.61. The summed E-state index contributed by atoms with van der Waals surface area (Å²) >= 11 is 6.01. The molecule has 0 unspecified atom stereocenters. The van der Waals surface area contributed by atoms with Gasteiger partial charge < -0.3 is 10.1 Å². The molecule has 0 aliphatic carbocycles. The van der Waals surface area contributed by atoms with Crippen LogP contribution in [0, 0.1) is 5.82 Å². The second-order valence-corrected chi connectivity index (χ2v) is 6.48. The monoisotopic (exact) mass is 369 g/mol. The Kier molecular flexibility index (Phi) is 6.64. The normalized spacial score (nSPS) is 10.7. The van der Waals surface area contributed by atoms with E-state index < -0.39 is 0 Å². The minimum atomic E-state index is -0.153. The van der Waals surface area contributed by atoms with Crippen molar-refractivity contribution in [2.45, 2.75) is 19.6 Å². The van der Waals surface area contributed by atoms with Crippen LogP contribution in [0.15, 0.2) is 72.8 Å². The molecule has 1 N–H and O–H groups in total. The first-order chi connectivity index (χ1) is 12.7. The molecule has 0 aliphatic rings. The molecule has 0 amide bonds. The number of nitrogens with one attached hydrogen (secondary N) is 1. The van der Waals surface area contributed by atoms with Crippen molar-refractivity contribution < 1.29 is 9.13 Å². The van der Waals surface area contributed by atoms with Crippen LogP contribution in [0.25, 0.3) is 0 Å². The highest BCUT2D eigenvalue weighted by atomic mass is 35.5. The van der Waals surface area contributed by atoms with Crippen molar-refractivity contribution in [2.24, 2.45) is 0 Å². The molecule has 0 radical (unpaired) electrons. The molecule has 2 nitrogen and oxygen atoms in total. The van der Waals surface area contributed by atoms with Gasteiger partial charge in [-0.1, -0.05) is 60.1 Å². The third kappa shape index (κ3) is 5.32. The van der Waals surface area contributed by atoms with Gasteiger partial charge in [-0.3, -0.25) is 0 Å². The Morgan fingerprint density at radius 1 is 0.885 bits per heavy atom. The summed E-state index contributed by atoms with van der Waals surface area (Å²) in [5.41, 5.74) is 2.83. The Labute approximate surface area is 158 Å². The highest BCUT2D eigenvalue weighted by molar-refractivity contribution is 6.30. The van der Waals surface area contributed by atoms with Crippen molar-refractivity contribution in [3.63, 3.8) is 0 Å². The lowest BCUT2D eigenvalue weighted by Crippen LogP contribution is -2.17. The zero-order valence-electron chi connectivity index (χ0n) is 14.4.